The van der Waals surface area contributed by atoms with Crippen molar-refractivity contribution in [1.29, 1.82) is 0 Å². The SMILES string of the molecule is O=C(/C=C/c1ccsc1)N1CCN(C(=O)C2CCCCC2)CC1. The molecule has 0 radical (unpaired) electrons. The zero-order valence-electron chi connectivity index (χ0n) is 13.4. The van der Waals surface area contributed by atoms with E-state index in [0.717, 1.165) is 18.4 Å². The Morgan fingerprint density at radius 2 is 1.74 bits per heavy atom. The number of carbonyl (C=O) groups is 2. The number of hydrogen-bond acceptors (Lipinski definition) is 3. The molecule has 1 saturated carbocycles. The van der Waals surface area contributed by atoms with Gasteiger partial charge in [-0.1, -0.05) is 19.3 Å². The molecule has 5 heteroatoms. The molecule has 1 saturated heterocycles. The van der Waals surface area contributed by atoms with Crippen molar-refractivity contribution in [2.45, 2.75) is 32.1 Å². The first-order chi connectivity index (χ1) is 11.2. The van der Waals surface area contributed by atoms with E-state index in [1.54, 1.807) is 17.4 Å². The Morgan fingerprint density at radius 3 is 2.39 bits per heavy atom. The fraction of sp³-hybridized carbons (Fsp3) is 0.556. The van der Waals surface area contributed by atoms with Crippen molar-refractivity contribution in [2.75, 3.05) is 26.2 Å². The van der Waals surface area contributed by atoms with Crippen LogP contribution in [0.3, 0.4) is 0 Å². The van der Waals surface area contributed by atoms with E-state index < -0.39 is 0 Å². The Balaban J connectivity index is 1.47. The molecule has 0 aromatic carbocycles. The summed E-state index contributed by atoms with van der Waals surface area (Å²) in [6, 6.07) is 2.00. The second-order valence-corrected chi connectivity index (χ2v) is 7.16. The van der Waals surface area contributed by atoms with Gasteiger partial charge in [-0.25, -0.2) is 0 Å². The molecule has 0 atom stereocenters. The van der Waals surface area contributed by atoms with Crippen LogP contribution in [0.4, 0.5) is 0 Å². The Kier molecular flexibility index (Phi) is 5.49. The molecule has 2 fully saturated rings. The fourth-order valence-electron chi connectivity index (χ4n) is 3.40. The second-order valence-electron chi connectivity index (χ2n) is 6.38. The molecule has 1 aliphatic heterocycles. The van der Waals surface area contributed by atoms with E-state index >= 15 is 0 Å². The molecule has 4 nitrogen and oxygen atoms in total. The van der Waals surface area contributed by atoms with E-state index in [-0.39, 0.29) is 11.8 Å². The number of amides is 2. The van der Waals surface area contributed by atoms with Crippen LogP contribution in [0.5, 0.6) is 0 Å². The Labute approximate surface area is 141 Å². The third-order valence-corrected chi connectivity index (χ3v) is 5.52. The monoisotopic (exact) mass is 332 g/mol. The minimum Gasteiger partial charge on any atom is -0.339 e. The maximum absolute atomic E-state index is 12.5. The van der Waals surface area contributed by atoms with Gasteiger partial charge in [0.05, 0.1) is 0 Å². The summed E-state index contributed by atoms with van der Waals surface area (Å²) >= 11 is 1.62. The number of nitrogens with zero attached hydrogens (tertiary/aromatic N) is 2. The predicted molar refractivity (Wildman–Crippen MR) is 93.1 cm³/mol. The van der Waals surface area contributed by atoms with Gasteiger partial charge in [0.2, 0.25) is 11.8 Å². The third-order valence-electron chi connectivity index (χ3n) is 4.82. The molecule has 124 valence electrons. The van der Waals surface area contributed by atoms with Crippen molar-refractivity contribution in [2.24, 2.45) is 5.92 Å². The topological polar surface area (TPSA) is 40.6 Å². The van der Waals surface area contributed by atoms with Crippen molar-refractivity contribution in [3.8, 4) is 0 Å². The molecule has 0 unspecified atom stereocenters. The van der Waals surface area contributed by atoms with Crippen LogP contribution in [0.2, 0.25) is 0 Å². The molecule has 0 bridgehead atoms. The van der Waals surface area contributed by atoms with E-state index in [0.29, 0.717) is 32.1 Å². The van der Waals surface area contributed by atoms with Gasteiger partial charge >= 0.3 is 0 Å². The standard InChI is InChI=1S/C18H24N2O2S/c21-17(7-6-15-8-13-23-14-15)19-9-11-20(12-10-19)18(22)16-4-2-1-3-5-16/h6-8,13-14,16H,1-5,9-12H2/b7-6+. The Bertz CT molecular complexity index is 554. The maximum Gasteiger partial charge on any atom is 0.246 e. The quantitative estimate of drug-likeness (QED) is 0.798. The van der Waals surface area contributed by atoms with Crippen molar-refractivity contribution in [3.05, 3.63) is 28.5 Å². The van der Waals surface area contributed by atoms with Gasteiger partial charge < -0.3 is 9.80 Å². The molecule has 3 rings (SSSR count). The van der Waals surface area contributed by atoms with E-state index in [9.17, 15) is 9.59 Å². The highest BCUT2D eigenvalue weighted by Crippen LogP contribution is 2.25. The Morgan fingerprint density at radius 1 is 1.04 bits per heavy atom. The minimum atomic E-state index is 0.0426. The van der Waals surface area contributed by atoms with E-state index in [2.05, 4.69) is 0 Å². The van der Waals surface area contributed by atoms with Gasteiger partial charge in [0.15, 0.2) is 0 Å². The summed E-state index contributed by atoms with van der Waals surface area (Å²) in [4.78, 5) is 28.5. The fourth-order valence-corrected chi connectivity index (χ4v) is 4.03. The lowest BCUT2D eigenvalue weighted by Crippen LogP contribution is -2.51. The first kappa shape index (κ1) is 16.2. The summed E-state index contributed by atoms with van der Waals surface area (Å²) in [5, 5.41) is 4.02. The summed E-state index contributed by atoms with van der Waals surface area (Å²) in [5.41, 5.74) is 1.06. The zero-order valence-corrected chi connectivity index (χ0v) is 14.3. The van der Waals surface area contributed by atoms with Gasteiger partial charge in [0, 0.05) is 38.2 Å². The lowest BCUT2D eigenvalue weighted by Gasteiger charge is -2.36. The van der Waals surface area contributed by atoms with Crippen LogP contribution in [-0.4, -0.2) is 47.8 Å². The van der Waals surface area contributed by atoms with Crippen LogP contribution < -0.4 is 0 Å². The number of rotatable bonds is 3. The van der Waals surface area contributed by atoms with Crippen molar-refractivity contribution in [1.82, 2.24) is 9.80 Å². The van der Waals surface area contributed by atoms with Crippen molar-refractivity contribution >= 4 is 29.2 Å². The predicted octanol–water partition coefficient (Wildman–Crippen LogP) is 3.01. The molecule has 2 heterocycles. The van der Waals surface area contributed by atoms with Crippen LogP contribution in [0, 0.1) is 5.92 Å². The van der Waals surface area contributed by atoms with E-state index in [4.69, 9.17) is 0 Å². The van der Waals surface area contributed by atoms with Crippen LogP contribution in [0.1, 0.15) is 37.7 Å². The zero-order chi connectivity index (χ0) is 16.1. The largest absolute Gasteiger partial charge is 0.339 e. The smallest absolute Gasteiger partial charge is 0.246 e. The van der Waals surface area contributed by atoms with Gasteiger partial charge in [-0.2, -0.15) is 11.3 Å². The van der Waals surface area contributed by atoms with Crippen LogP contribution in [0.25, 0.3) is 6.08 Å². The molecule has 2 amide bonds. The van der Waals surface area contributed by atoms with Gasteiger partial charge in [-0.05, 0) is 41.3 Å². The van der Waals surface area contributed by atoms with Gasteiger partial charge in [-0.3, -0.25) is 9.59 Å². The van der Waals surface area contributed by atoms with Crippen LogP contribution in [0.15, 0.2) is 22.9 Å². The van der Waals surface area contributed by atoms with Gasteiger partial charge in [-0.15, -0.1) is 0 Å². The second kappa shape index (κ2) is 7.77. The molecule has 1 aromatic heterocycles. The molecular formula is C18H24N2O2S. The number of carbonyl (C=O) groups excluding carboxylic acids is 2. The number of thiophene rings is 1. The first-order valence-corrected chi connectivity index (χ1v) is 9.46. The van der Waals surface area contributed by atoms with Gasteiger partial charge in [0.25, 0.3) is 0 Å². The molecule has 1 aliphatic carbocycles. The number of hydrogen-bond donors (Lipinski definition) is 0. The summed E-state index contributed by atoms with van der Waals surface area (Å²) in [6.07, 6.45) is 9.22. The van der Waals surface area contributed by atoms with Crippen LogP contribution in [-0.2, 0) is 9.59 Å². The van der Waals surface area contributed by atoms with Crippen molar-refractivity contribution < 1.29 is 9.59 Å². The highest BCUT2D eigenvalue weighted by atomic mass is 32.1. The van der Waals surface area contributed by atoms with E-state index in [1.807, 2.05) is 32.7 Å². The van der Waals surface area contributed by atoms with Crippen molar-refractivity contribution in [3.63, 3.8) is 0 Å². The first-order valence-electron chi connectivity index (χ1n) is 8.52. The maximum atomic E-state index is 12.5. The summed E-state index contributed by atoms with van der Waals surface area (Å²) in [7, 11) is 0. The minimum absolute atomic E-state index is 0.0426. The molecular weight excluding hydrogens is 308 g/mol. The highest BCUT2D eigenvalue weighted by Gasteiger charge is 2.29. The lowest BCUT2D eigenvalue weighted by atomic mass is 9.88. The summed E-state index contributed by atoms with van der Waals surface area (Å²) in [5.74, 6) is 0.580. The molecule has 0 spiro atoms. The molecule has 23 heavy (non-hydrogen) atoms. The molecule has 1 aromatic rings. The summed E-state index contributed by atoms with van der Waals surface area (Å²) in [6.45, 7) is 2.64. The molecule has 0 N–H and O–H groups in total. The average Bonchev–Trinajstić information content (AvgIpc) is 3.13. The Hall–Kier alpha value is -1.62. The van der Waals surface area contributed by atoms with Crippen LogP contribution >= 0.6 is 11.3 Å². The number of piperazine rings is 1. The summed E-state index contributed by atoms with van der Waals surface area (Å²) < 4.78 is 0. The van der Waals surface area contributed by atoms with Gasteiger partial charge in [0.1, 0.15) is 0 Å². The average molecular weight is 332 g/mol. The lowest BCUT2D eigenvalue weighted by molar-refractivity contribution is -0.141. The highest BCUT2D eigenvalue weighted by molar-refractivity contribution is 7.08. The third kappa shape index (κ3) is 4.22. The molecule has 2 aliphatic rings. The van der Waals surface area contributed by atoms with E-state index in [1.165, 1.54) is 19.3 Å². The normalized spacial score (nSPS) is 20.2.